The van der Waals surface area contributed by atoms with E-state index >= 15 is 0 Å². The number of ether oxygens (including phenoxy) is 2. The second kappa shape index (κ2) is 6.07. The van der Waals surface area contributed by atoms with Crippen LogP contribution in [0.1, 0.15) is 5.69 Å². The van der Waals surface area contributed by atoms with Crippen molar-refractivity contribution < 1.29 is 18.3 Å². The molecule has 0 aliphatic rings. The van der Waals surface area contributed by atoms with E-state index in [9.17, 15) is 13.6 Å². The zero-order valence-electron chi connectivity index (χ0n) is 12.1. The molecule has 1 N–H and O–H groups in total. The third-order valence-corrected chi connectivity index (χ3v) is 3.34. The molecule has 1 aromatic carbocycles. The average Bonchev–Trinajstić information content (AvgIpc) is 2.89. The van der Waals surface area contributed by atoms with Gasteiger partial charge in [0, 0.05) is 18.3 Å². The molecule has 0 saturated carbocycles. The minimum absolute atomic E-state index is 0.0449. The predicted octanol–water partition coefficient (Wildman–Crippen LogP) is 2.38. The molecule has 0 atom stereocenters. The lowest BCUT2D eigenvalue weighted by molar-refractivity contribution is -0.0497. The molecule has 0 bridgehead atoms. The van der Waals surface area contributed by atoms with Gasteiger partial charge >= 0.3 is 6.61 Å². The van der Waals surface area contributed by atoms with Crippen molar-refractivity contribution in [1.29, 1.82) is 0 Å². The molecule has 120 valence electrons. The molecule has 6 nitrogen and oxygen atoms in total. The van der Waals surface area contributed by atoms with Crippen LogP contribution in [0.5, 0.6) is 11.5 Å². The molecule has 0 saturated heterocycles. The maximum Gasteiger partial charge on any atom is 0.387 e. The van der Waals surface area contributed by atoms with Gasteiger partial charge in [0.15, 0.2) is 5.75 Å². The van der Waals surface area contributed by atoms with Crippen molar-refractivity contribution in [2.24, 2.45) is 0 Å². The van der Waals surface area contributed by atoms with Crippen molar-refractivity contribution in [3.8, 4) is 11.5 Å². The maximum absolute atomic E-state index is 12.2. The number of imidazole rings is 1. The summed E-state index contributed by atoms with van der Waals surface area (Å²) in [5.41, 5.74) is 1.60. The monoisotopic (exact) mass is 321 g/mol. The predicted molar refractivity (Wildman–Crippen MR) is 79.1 cm³/mol. The van der Waals surface area contributed by atoms with Crippen molar-refractivity contribution in [2.45, 2.75) is 13.2 Å². The van der Waals surface area contributed by atoms with Crippen LogP contribution in [0.4, 0.5) is 8.78 Å². The third-order valence-electron chi connectivity index (χ3n) is 3.34. The fraction of sp³-hybridized carbons (Fsp3) is 0.200. The molecule has 0 amide bonds. The van der Waals surface area contributed by atoms with E-state index in [1.54, 1.807) is 17.0 Å². The first-order valence-corrected chi connectivity index (χ1v) is 6.72. The molecule has 0 radical (unpaired) electrons. The number of nitrogens with zero attached hydrogens (tertiary/aromatic N) is 2. The Labute approximate surface area is 129 Å². The number of aromatic nitrogens is 3. The smallest absolute Gasteiger partial charge is 0.387 e. The van der Waals surface area contributed by atoms with Crippen LogP contribution in [-0.2, 0) is 6.54 Å². The highest BCUT2D eigenvalue weighted by Gasteiger charge is 2.11. The van der Waals surface area contributed by atoms with Crippen molar-refractivity contribution in [3.05, 3.63) is 52.7 Å². The Morgan fingerprint density at radius 2 is 2.17 bits per heavy atom. The molecule has 0 spiro atoms. The Hall–Kier alpha value is -2.90. The lowest BCUT2D eigenvalue weighted by Crippen LogP contribution is -2.11. The van der Waals surface area contributed by atoms with E-state index < -0.39 is 6.61 Å². The number of methoxy groups -OCH3 is 1. The molecule has 3 aromatic rings. The number of benzene rings is 1. The molecular formula is C15H13F2N3O3. The third kappa shape index (κ3) is 3.01. The summed E-state index contributed by atoms with van der Waals surface area (Å²) in [4.78, 5) is 18.9. The molecule has 2 heterocycles. The van der Waals surface area contributed by atoms with Gasteiger partial charge < -0.3 is 19.0 Å². The summed E-state index contributed by atoms with van der Waals surface area (Å²) >= 11 is 0. The largest absolute Gasteiger partial charge is 0.491 e. The molecule has 3 rings (SSSR count). The van der Waals surface area contributed by atoms with E-state index in [2.05, 4.69) is 14.7 Å². The quantitative estimate of drug-likeness (QED) is 0.783. The highest BCUT2D eigenvalue weighted by atomic mass is 19.3. The first-order valence-electron chi connectivity index (χ1n) is 6.72. The van der Waals surface area contributed by atoms with E-state index in [4.69, 9.17) is 4.74 Å². The van der Waals surface area contributed by atoms with Crippen molar-refractivity contribution >= 4 is 11.0 Å². The Bertz CT molecular complexity index is 889. The van der Waals surface area contributed by atoms with Crippen LogP contribution in [0.3, 0.4) is 0 Å². The van der Waals surface area contributed by atoms with Crippen LogP contribution >= 0.6 is 0 Å². The molecule has 0 fully saturated rings. The van der Waals surface area contributed by atoms with Gasteiger partial charge in [-0.3, -0.25) is 4.79 Å². The van der Waals surface area contributed by atoms with Gasteiger partial charge in [0.1, 0.15) is 5.75 Å². The Morgan fingerprint density at radius 3 is 2.91 bits per heavy atom. The Balaban J connectivity index is 1.95. The van der Waals surface area contributed by atoms with Gasteiger partial charge in [0.05, 0.1) is 36.7 Å². The first-order chi connectivity index (χ1) is 11.1. The van der Waals surface area contributed by atoms with Crippen molar-refractivity contribution in [3.63, 3.8) is 0 Å². The van der Waals surface area contributed by atoms with Gasteiger partial charge in [-0.05, 0) is 12.1 Å². The summed E-state index contributed by atoms with van der Waals surface area (Å²) in [7, 11) is 1.42. The highest BCUT2D eigenvalue weighted by molar-refractivity contribution is 5.77. The zero-order valence-corrected chi connectivity index (χ0v) is 12.1. The molecule has 0 aliphatic heterocycles. The molecule has 23 heavy (non-hydrogen) atoms. The number of rotatable bonds is 5. The number of halogens is 2. The zero-order chi connectivity index (χ0) is 16.4. The SMILES string of the molecule is COc1c(Cn2cnc3cc(OC(F)F)ccc32)[nH]ccc1=O. The number of nitrogens with one attached hydrogen (secondary N) is 1. The number of pyridine rings is 1. The summed E-state index contributed by atoms with van der Waals surface area (Å²) in [5, 5.41) is 0. The second-order valence-corrected chi connectivity index (χ2v) is 4.76. The average molecular weight is 321 g/mol. The van der Waals surface area contributed by atoms with E-state index in [0.717, 1.165) is 5.52 Å². The van der Waals surface area contributed by atoms with E-state index in [1.807, 2.05) is 0 Å². The van der Waals surface area contributed by atoms with E-state index in [1.165, 1.54) is 31.5 Å². The molecule has 0 unspecified atom stereocenters. The minimum atomic E-state index is -2.88. The molecular weight excluding hydrogens is 308 g/mol. The topological polar surface area (TPSA) is 69.1 Å². The number of hydrogen-bond donors (Lipinski definition) is 1. The van der Waals surface area contributed by atoms with Gasteiger partial charge in [-0.1, -0.05) is 0 Å². The Kier molecular flexibility index (Phi) is 3.96. The van der Waals surface area contributed by atoms with Crippen molar-refractivity contribution in [2.75, 3.05) is 7.11 Å². The number of alkyl halides is 2. The number of H-pyrrole nitrogens is 1. The van der Waals surface area contributed by atoms with Crippen LogP contribution in [0.25, 0.3) is 11.0 Å². The lowest BCUT2D eigenvalue weighted by atomic mass is 10.2. The van der Waals surface area contributed by atoms with Gasteiger partial charge in [-0.2, -0.15) is 8.78 Å². The van der Waals surface area contributed by atoms with Gasteiger partial charge in [0.2, 0.25) is 5.43 Å². The van der Waals surface area contributed by atoms with E-state index in [-0.39, 0.29) is 16.9 Å². The molecule has 8 heteroatoms. The van der Waals surface area contributed by atoms with Gasteiger partial charge in [0.25, 0.3) is 0 Å². The van der Waals surface area contributed by atoms with Crippen LogP contribution in [0.15, 0.2) is 41.6 Å². The second-order valence-electron chi connectivity index (χ2n) is 4.76. The van der Waals surface area contributed by atoms with E-state index in [0.29, 0.717) is 17.8 Å². The van der Waals surface area contributed by atoms with Crippen LogP contribution in [0.2, 0.25) is 0 Å². The number of fused-ring (bicyclic) bond motifs is 1. The van der Waals surface area contributed by atoms with Crippen LogP contribution < -0.4 is 14.9 Å². The summed E-state index contributed by atoms with van der Waals surface area (Å²) in [6.45, 7) is -2.56. The lowest BCUT2D eigenvalue weighted by Gasteiger charge is -2.09. The summed E-state index contributed by atoms with van der Waals surface area (Å²) in [6, 6.07) is 5.89. The molecule has 0 aliphatic carbocycles. The normalized spacial score (nSPS) is 11.1. The number of aromatic amines is 1. The summed E-state index contributed by atoms with van der Waals surface area (Å²) in [5.74, 6) is 0.274. The van der Waals surface area contributed by atoms with Crippen molar-refractivity contribution in [1.82, 2.24) is 14.5 Å². The van der Waals surface area contributed by atoms with Gasteiger partial charge in [-0.25, -0.2) is 4.98 Å². The van der Waals surface area contributed by atoms with Crippen LogP contribution in [0, 0.1) is 0 Å². The van der Waals surface area contributed by atoms with Crippen LogP contribution in [-0.4, -0.2) is 28.3 Å². The highest BCUT2D eigenvalue weighted by Crippen LogP contribution is 2.22. The van der Waals surface area contributed by atoms with Gasteiger partial charge in [-0.15, -0.1) is 0 Å². The summed E-state index contributed by atoms with van der Waals surface area (Å²) < 4.78 is 35.7. The minimum Gasteiger partial charge on any atom is -0.491 e. The first kappa shape index (κ1) is 15.0. The number of hydrogen-bond acceptors (Lipinski definition) is 4. The standard InChI is InChI=1S/C15H13F2N3O3/c1-22-14-11(18-5-4-13(14)21)7-20-8-19-10-6-9(23-15(16)17)2-3-12(10)20/h2-6,8,15H,7H2,1H3,(H,18,21). The fourth-order valence-electron chi connectivity index (χ4n) is 2.37. The maximum atomic E-state index is 12.2. The fourth-order valence-corrected chi connectivity index (χ4v) is 2.37. The Morgan fingerprint density at radius 1 is 1.35 bits per heavy atom. The summed E-state index contributed by atoms with van der Waals surface area (Å²) in [6.07, 6.45) is 3.09. The molecule has 2 aromatic heterocycles.